The van der Waals surface area contributed by atoms with Crippen LogP contribution in [-0.2, 0) is 17.0 Å². The van der Waals surface area contributed by atoms with Gasteiger partial charge >= 0.3 is 65.1 Å². The maximum atomic E-state index is 5.30. The molecule has 0 heterocycles. The van der Waals surface area contributed by atoms with Crippen molar-refractivity contribution in [3.05, 3.63) is 24.4 Å². The van der Waals surface area contributed by atoms with Crippen LogP contribution in [0.2, 0.25) is 0 Å². The zero-order valence-corrected chi connectivity index (χ0v) is 7.10. The normalized spacial score (nSPS) is 10.6. The number of rotatable bonds is 3. The summed E-state index contributed by atoms with van der Waals surface area (Å²) in [4.78, 5) is 1.95. The van der Waals surface area contributed by atoms with Gasteiger partial charge in [0.05, 0.1) is 0 Å². The van der Waals surface area contributed by atoms with E-state index in [1.807, 2.05) is 29.8 Å². The first-order valence-electron chi connectivity index (χ1n) is 2.62. The van der Waals surface area contributed by atoms with Gasteiger partial charge in [0, 0.05) is 0 Å². The Morgan fingerprint density at radius 2 is 2.11 bits per heavy atom. The van der Waals surface area contributed by atoms with E-state index in [4.69, 9.17) is 6.58 Å². The fraction of sp³-hybridized carbons (Fsp3) is 0.286. The van der Waals surface area contributed by atoms with Crippen molar-refractivity contribution in [2.24, 2.45) is 0 Å². The summed E-state index contributed by atoms with van der Waals surface area (Å²) < 4.78 is 1.89. The van der Waals surface area contributed by atoms with E-state index in [1.54, 1.807) is 6.08 Å². The zero-order valence-electron chi connectivity index (χ0n) is 5.70. The maximum absolute atomic E-state index is 5.30. The Balaban J connectivity index is 4.13. The van der Waals surface area contributed by atoms with Gasteiger partial charge < -0.3 is 0 Å². The first kappa shape index (κ1) is 8.73. The molecule has 0 unspecified atom stereocenters. The van der Waals surface area contributed by atoms with Gasteiger partial charge in [-0.05, 0) is 0 Å². The summed E-state index contributed by atoms with van der Waals surface area (Å²) in [6, 6.07) is 0. The Kier molecular flexibility index (Phi) is 4.46. The van der Waals surface area contributed by atoms with E-state index in [0.717, 1.165) is 5.70 Å². The molecule has 2 heteroatoms. The van der Waals surface area contributed by atoms with Crippen molar-refractivity contribution in [2.45, 2.75) is 0 Å². The Bertz CT molecular complexity index is 136. The molecule has 0 fully saturated rings. The van der Waals surface area contributed by atoms with Crippen LogP contribution in [0.3, 0.4) is 0 Å². The van der Waals surface area contributed by atoms with Gasteiger partial charge in [0.15, 0.2) is 0 Å². The summed E-state index contributed by atoms with van der Waals surface area (Å²) in [7, 11) is 3.90. The molecule has 0 bridgehead atoms. The minimum atomic E-state index is 1.01. The average molecular weight is 159 g/mol. The molecule has 0 saturated heterocycles. The predicted octanol–water partition coefficient (Wildman–Crippen LogP) is 0.770. The van der Waals surface area contributed by atoms with Crippen molar-refractivity contribution < 1.29 is 17.0 Å². The third-order valence-electron chi connectivity index (χ3n) is 0.932. The van der Waals surface area contributed by atoms with E-state index in [0.29, 0.717) is 0 Å². The Morgan fingerprint density at radius 1 is 1.56 bits per heavy atom. The molecule has 0 aromatic carbocycles. The molecule has 0 radical (unpaired) electrons. The number of allylic oxidation sites excluding steroid dienone is 2. The molecule has 0 rings (SSSR count). The van der Waals surface area contributed by atoms with Gasteiger partial charge in [0.1, 0.15) is 0 Å². The number of hydrogen-bond donors (Lipinski definition) is 0. The van der Waals surface area contributed by atoms with Crippen LogP contribution in [0.1, 0.15) is 0 Å². The van der Waals surface area contributed by atoms with Gasteiger partial charge in [-0.3, -0.25) is 0 Å². The topological polar surface area (TPSA) is 3.24 Å². The third-order valence-corrected chi connectivity index (χ3v) is 1.17. The van der Waals surface area contributed by atoms with Gasteiger partial charge in [-0.1, -0.05) is 0 Å². The van der Waals surface area contributed by atoms with Crippen molar-refractivity contribution in [1.29, 1.82) is 0 Å². The monoisotopic (exact) mass is 159 g/mol. The summed E-state index contributed by atoms with van der Waals surface area (Å²) in [6.07, 6.45) is 3.50. The second kappa shape index (κ2) is 4.60. The Morgan fingerprint density at radius 3 is 2.22 bits per heavy atom. The second-order valence-corrected chi connectivity index (χ2v) is 2.27. The fourth-order valence-corrected chi connectivity index (χ4v) is 0.669. The van der Waals surface area contributed by atoms with Gasteiger partial charge in [0.25, 0.3) is 0 Å². The molecule has 0 aliphatic heterocycles. The summed E-state index contributed by atoms with van der Waals surface area (Å²) >= 11 is 2.36. The molecule has 0 N–H and O–H groups in total. The molecule has 1 nitrogen and oxygen atoms in total. The van der Waals surface area contributed by atoms with Crippen molar-refractivity contribution in [2.75, 3.05) is 14.1 Å². The third kappa shape index (κ3) is 3.33. The molecule has 0 spiro atoms. The van der Waals surface area contributed by atoms with Gasteiger partial charge in [-0.15, -0.1) is 0 Å². The molecule has 0 saturated carbocycles. The molecule has 0 aromatic heterocycles. The van der Waals surface area contributed by atoms with Crippen LogP contribution < -0.4 is 0 Å². The van der Waals surface area contributed by atoms with E-state index in [1.165, 1.54) is 0 Å². The van der Waals surface area contributed by atoms with Crippen molar-refractivity contribution >= 4 is 4.73 Å². The van der Waals surface area contributed by atoms with Crippen LogP contribution in [0.25, 0.3) is 0 Å². The van der Waals surface area contributed by atoms with E-state index in [9.17, 15) is 0 Å². The summed E-state index contributed by atoms with van der Waals surface area (Å²) in [5.41, 5.74) is 1.01. The molecular weight excluding hydrogens is 149 g/mol. The molecule has 0 atom stereocenters. The Labute approximate surface area is 65.5 Å². The predicted molar refractivity (Wildman–Crippen MR) is 36.7 cm³/mol. The number of hydrogen-bond acceptors (Lipinski definition) is 1. The van der Waals surface area contributed by atoms with Crippen LogP contribution in [0.4, 0.5) is 0 Å². The molecule has 0 aliphatic rings. The summed E-state index contributed by atoms with van der Waals surface area (Å²) in [5, 5.41) is 0. The zero-order chi connectivity index (χ0) is 7.28. The first-order chi connectivity index (χ1) is 4.22. The SMILES string of the molecule is [CH-]=C/C(=C\[CH]=[V])N(C)C. The van der Waals surface area contributed by atoms with Crippen molar-refractivity contribution in [3.63, 3.8) is 0 Å². The van der Waals surface area contributed by atoms with Crippen LogP contribution >= 0.6 is 0 Å². The van der Waals surface area contributed by atoms with E-state index in [2.05, 4.69) is 17.0 Å². The van der Waals surface area contributed by atoms with Crippen LogP contribution in [0.5, 0.6) is 0 Å². The summed E-state index contributed by atoms with van der Waals surface area (Å²) in [6.45, 7) is 5.30. The van der Waals surface area contributed by atoms with Gasteiger partial charge in [-0.25, -0.2) is 0 Å². The molecular formula is C7H10NV-. The van der Waals surface area contributed by atoms with E-state index < -0.39 is 0 Å². The second-order valence-electron chi connectivity index (χ2n) is 1.80. The van der Waals surface area contributed by atoms with Crippen LogP contribution in [-0.4, -0.2) is 23.7 Å². The van der Waals surface area contributed by atoms with Crippen molar-refractivity contribution in [3.8, 4) is 0 Å². The van der Waals surface area contributed by atoms with Crippen molar-refractivity contribution in [1.82, 2.24) is 4.90 Å². The summed E-state index contributed by atoms with van der Waals surface area (Å²) in [5.74, 6) is 0. The molecule has 49 valence electrons. The van der Waals surface area contributed by atoms with Crippen LogP contribution in [0.15, 0.2) is 17.8 Å². The minimum absolute atomic E-state index is 1.01. The molecule has 0 amide bonds. The number of nitrogens with zero attached hydrogens (tertiary/aromatic N) is 1. The van der Waals surface area contributed by atoms with E-state index >= 15 is 0 Å². The molecule has 0 aromatic rings. The van der Waals surface area contributed by atoms with Gasteiger partial charge in [0.2, 0.25) is 0 Å². The molecule has 9 heavy (non-hydrogen) atoms. The number of likely N-dealkylation sites (N-methyl/N-ethyl adjacent to an activating group) is 1. The average Bonchev–Trinajstić information content (AvgIpc) is 1.82. The fourth-order valence-electron chi connectivity index (χ4n) is 0.430. The van der Waals surface area contributed by atoms with Gasteiger partial charge in [-0.2, -0.15) is 0 Å². The standard InChI is InChI=1S/C7H10N.V/c1-5-7(6-2)8(3)4;/h1-2,5-6H,3-4H3;/q-1;/b7-5+;. The first-order valence-corrected chi connectivity index (χ1v) is 3.43. The Hall–Kier alpha value is -0.266. The van der Waals surface area contributed by atoms with Crippen LogP contribution in [0, 0.1) is 6.58 Å². The van der Waals surface area contributed by atoms with E-state index in [-0.39, 0.29) is 0 Å². The quantitative estimate of drug-likeness (QED) is 0.434. The molecule has 0 aliphatic carbocycles.